The zero-order valence-corrected chi connectivity index (χ0v) is 11.1. The van der Waals surface area contributed by atoms with Crippen LogP contribution in [-0.4, -0.2) is 28.5 Å². The summed E-state index contributed by atoms with van der Waals surface area (Å²) < 4.78 is 6.84. The number of carbonyl (C=O) groups is 1. The van der Waals surface area contributed by atoms with E-state index in [1.165, 1.54) is 5.56 Å². The molecule has 5 nitrogen and oxygen atoms in total. The third-order valence-electron chi connectivity index (χ3n) is 2.83. The van der Waals surface area contributed by atoms with Gasteiger partial charge in [0.2, 0.25) is 0 Å². The van der Waals surface area contributed by atoms with Crippen molar-refractivity contribution in [1.82, 2.24) is 14.7 Å². The van der Waals surface area contributed by atoms with Crippen LogP contribution in [0.2, 0.25) is 0 Å². The summed E-state index contributed by atoms with van der Waals surface area (Å²) in [7, 11) is 0. The third kappa shape index (κ3) is 4.06. The lowest BCUT2D eigenvalue weighted by atomic mass is 10.2. The van der Waals surface area contributed by atoms with Crippen LogP contribution < -0.4 is 5.32 Å². The van der Waals surface area contributed by atoms with E-state index in [1.54, 1.807) is 6.20 Å². The molecule has 2 heterocycles. The van der Waals surface area contributed by atoms with Gasteiger partial charge in [0.05, 0.1) is 6.61 Å². The highest BCUT2D eigenvalue weighted by Gasteiger charge is 2.01. The van der Waals surface area contributed by atoms with Gasteiger partial charge in [-0.2, -0.15) is 0 Å². The highest BCUT2D eigenvalue weighted by molar-refractivity contribution is 5.69. The Labute approximate surface area is 112 Å². The Kier molecular flexibility index (Phi) is 4.92. The number of pyridine rings is 1. The van der Waals surface area contributed by atoms with Gasteiger partial charge in [0.1, 0.15) is 5.65 Å². The highest BCUT2D eigenvalue weighted by Crippen LogP contribution is 2.05. The molecule has 0 atom stereocenters. The van der Waals surface area contributed by atoms with Crippen molar-refractivity contribution in [3.63, 3.8) is 0 Å². The molecule has 0 spiro atoms. The van der Waals surface area contributed by atoms with Crippen LogP contribution in [0.1, 0.15) is 25.3 Å². The van der Waals surface area contributed by atoms with Gasteiger partial charge >= 0.3 is 5.97 Å². The molecular weight excluding hydrogens is 242 g/mol. The lowest BCUT2D eigenvalue weighted by molar-refractivity contribution is -0.143. The van der Waals surface area contributed by atoms with Gasteiger partial charge in [0.25, 0.3) is 0 Å². The van der Waals surface area contributed by atoms with E-state index in [0.717, 1.165) is 25.2 Å². The maximum absolute atomic E-state index is 11.1. The molecule has 0 aromatic carbocycles. The number of hydrogen-bond donors (Lipinski definition) is 1. The number of hydrogen-bond acceptors (Lipinski definition) is 4. The van der Waals surface area contributed by atoms with E-state index in [-0.39, 0.29) is 5.97 Å². The summed E-state index contributed by atoms with van der Waals surface area (Å²) in [6.07, 6.45) is 6.97. The molecule has 2 aromatic rings. The van der Waals surface area contributed by atoms with E-state index < -0.39 is 0 Å². The van der Waals surface area contributed by atoms with Gasteiger partial charge in [0.15, 0.2) is 0 Å². The Morgan fingerprint density at radius 1 is 1.47 bits per heavy atom. The monoisotopic (exact) mass is 261 g/mol. The number of carbonyl (C=O) groups excluding carboxylic acids is 1. The Bertz CT molecular complexity index is 536. The maximum Gasteiger partial charge on any atom is 0.305 e. The fourth-order valence-electron chi connectivity index (χ4n) is 1.89. The van der Waals surface area contributed by atoms with Crippen molar-refractivity contribution < 1.29 is 9.53 Å². The van der Waals surface area contributed by atoms with Crippen molar-refractivity contribution in [2.45, 2.75) is 26.3 Å². The quantitative estimate of drug-likeness (QED) is 0.609. The van der Waals surface area contributed by atoms with Gasteiger partial charge in [-0.1, -0.05) is 0 Å². The van der Waals surface area contributed by atoms with E-state index in [1.807, 2.05) is 23.7 Å². The summed E-state index contributed by atoms with van der Waals surface area (Å²) in [6, 6.07) is 4.12. The molecule has 0 saturated carbocycles. The molecule has 0 amide bonds. The first-order chi connectivity index (χ1) is 9.29. The molecule has 1 N–H and O–H groups in total. The molecule has 5 heteroatoms. The van der Waals surface area contributed by atoms with Crippen molar-refractivity contribution in [2.75, 3.05) is 13.2 Å². The largest absolute Gasteiger partial charge is 0.466 e. The van der Waals surface area contributed by atoms with Crippen LogP contribution in [-0.2, 0) is 16.1 Å². The first-order valence-electron chi connectivity index (χ1n) is 6.57. The van der Waals surface area contributed by atoms with Gasteiger partial charge in [-0.15, -0.1) is 0 Å². The standard InChI is InChI=1S/C14H19N3O2/c1-2-19-14(18)4-3-6-15-11-12-5-8-17-9-7-16-13(17)10-12/h5,7-10,15H,2-4,6,11H2,1H3. The molecule has 0 aliphatic rings. The summed E-state index contributed by atoms with van der Waals surface area (Å²) >= 11 is 0. The molecule has 0 bridgehead atoms. The number of fused-ring (bicyclic) bond motifs is 1. The SMILES string of the molecule is CCOC(=O)CCCNCc1ccn2ccnc2c1. The smallest absolute Gasteiger partial charge is 0.305 e. The summed E-state index contributed by atoms with van der Waals surface area (Å²) in [5.41, 5.74) is 2.14. The molecule has 102 valence electrons. The molecule has 0 unspecified atom stereocenters. The Morgan fingerprint density at radius 2 is 2.37 bits per heavy atom. The molecule has 2 aromatic heterocycles. The number of nitrogens with one attached hydrogen (secondary N) is 1. The van der Waals surface area contributed by atoms with Crippen molar-refractivity contribution in [3.8, 4) is 0 Å². The lowest BCUT2D eigenvalue weighted by Crippen LogP contribution is -2.16. The zero-order valence-electron chi connectivity index (χ0n) is 11.1. The summed E-state index contributed by atoms with van der Waals surface area (Å²) in [6.45, 7) is 3.86. The van der Waals surface area contributed by atoms with Gasteiger partial charge in [-0.3, -0.25) is 4.79 Å². The van der Waals surface area contributed by atoms with Crippen LogP contribution in [0, 0.1) is 0 Å². The fourth-order valence-corrected chi connectivity index (χ4v) is 1.89. The normalized spacial score (nSPS) is 10.8. The number of imidazole rings is 1. The summed E-state index contributed by atoms with van der Waals surface area (Å²) in [5.74, 6) is -0.122. The van der Waals surface area contributed by atoms with E-state index >= 15 is 0 Å². The maximum atomic E-state index is 11.1. The predicted molar refractivity (Wildman–Crippen MR) is 72.8 cm³/mol. The number of nitrogens with zero attached hydrogens (tertiary/aromatic N) is 2. The van der Waals surface area contributed by atoms with Crippen LogP contribution in [0.25, 0.3) is 5.65 Å². The number of aromatic nitrogens is 2. The Hall–Kier alpha value is -1.88. The minimum atomic E-state index is -0.122. The lowest BCUT2D eigenvalue weighted by Gasteiger charge is -2.05. The van der Waals surface area contributed by atoms with Gasteiger partial charge in [-0.25, -0.2) is 4.98 Å². The number of esters is 1. The van der Waals surface area contributed by atoms with Crippen LogP contribution >= 0.6 is 0 Å². The molecule has 0 saturated heterocycles. The van der Waals surface area contributed by atoms with Crippen LogP contribution in [0.3, 0.4) is 0 Å². The third-order valence-corrected chi connectivity index (χ3v) is 2.83. The topological polar surface area (TPSA) is 55.6 Å². The van der Waals surface area contributed by atoms with Gasteiger partial charge in [0, 0.05) is 31.6 Å². The van der Waals surface area contributed by atoms with Gasteiger partial charge in [-0.05, 0) is 37.6 Å². The zero-order chi connectivity index (χ0) is 13.5. The van der Waals surface area contributed by atoms with Crippen molar-refractivity contribution in [3.05, 3.63) is 36.3 Å². The molecule has 0 fully saturated rings. The van der Waals surface area contributed by atoms with Crippen LogP contribution in [0.15, 0.2) is 30.7 Å². The van der Waals surface area contributed by atoms with Crippen molar-refractivity contribution in [1.29, 1.82) is 0 Å². The molecule has 19 heavy (non-hydrogen) atoms. The first kappa shape index (κ1) is 13.5. The highest BCUT2D eigenvalue weighted by atomic mass is 16.5. The Morgan fingerprint density at radius 3 is 3.21 bits per heavy atom. The molecular formula is C14H19N3O2. The van der Waals surface area contributed by atoms with Crippen molar-refractivity contribution in [2.24, 2.45) is 0 Å². The fraction of sp³-hybridized carbons (Fsp3) is 0.429. The second-order valence-electron chi connectivity index (χ2n) is 4.31. The predicted octanol–water partition coefficient (Wildman–Crippen LogP) is 1.77. The van der Waals surface area contributed by atoms with E-state index in [2.05, 4.69) is 22.4 Å². The molecule has 0 aliphatic carbocycles. The van der Waals surface area contributed by atoms with Gasteiger partial charge < -0.3 is 14.5 Å². The number of rotatable bonds is 7. The Balaban J connectivity index is 1.69. The van der Waals surface area contributed by atoms with E-state index in [0.29, 0.717) is 13.0 Å². The average Bonchev–Trinajstić information content (AvgIpc) is 2.86. The molecule has 0 radical (unpaired) electrons. The average molecular weight is 261 g/mol. The molecule has 0 aliphatic heterocycles. The second kappa shape index (κ2) is 6.89. The van der Waals surface area contributed by atoms with Crippen LogP contribution in [0.4, 0.5) is 0 Å². The minimum Gasteiger partial charge on any atom is -0.466 e. The first-order valence-corrected chi connectivity index (χ1v) is 6.57. The summed E-state index contributed by atoms with van der Waals surface area (Å²) in [5, 5.41) is 3.31. The number of ether oxygens (including phenoxy) is 1. The van der Waals surface area contributed by atoms with Crippen LogP contribution in [0.5, 0.6) is 0 Å². The van der Waals surface area contributed by atoms with E-state index in [9.17, 15) is 4.79 Å². The minimum absolute atomic E-state index is 0.122. The van der Waals surface area contributed by atoms with E-state index in [4.69, 9.17) is 4.74 Å². The molecule has 2 rings (SSSR count). The summed E-state index contributed by atoms with van der Waals surface area (Å²) in [4.78, 5) is 15.4. The van der Waals surface area contributed by atoms with Crippen molar-refractivity contribution >= 4 is 11.6 Å². The second-order valence-corrected chi connectivity index (χ2v) is 4.31.